The number of hydrogen-bond acceptors (Lipinski definition) is 5. The highest BCUT2D eigenvalue weighted by atomic mass is 16.4. The zero-order chi connectivity index (χ0) is 22.7. The molecular weight excluding hydrogens is 408 g/mol. The lowest BCUT2D eigenvalue weighted by Gasteiger charge is -2.15. The molecule has 3 heterocycles. The number of hydrogen-bond donors (Lipinski definition) is 3. The SMILES string of the molecule is CN(C)c1cc(-c2nc3ccc(C(=O)NC(CCn4cccc4)C(=O)O)cc3[nH]2)ccn1. The molecular formula is C23H24N6O3. The second-order valence-corrected chi connectivity index (χ2v) is 7.69. The van der Waals surface area contributed by atoms with Crippen LogP contribution in [0.3, 0.4) is 0 Å². The Balaban J connectivity index is 1.52. The molecule has 3 aromatic heterocycles. The van der Waals surface area contributed by atoms with Gasteiger partial charge in [-0.05, 0) is 48.9 Å². The average Bonchev–Trinajstić information content (AvgIpc) is 3.45. The Morgan fingerprint density at radius 2 is 1.97 bits per heavy atom. The minimum absolute atomic E-state index is 0.280. The molecule has 1 amide bonds. The summed E-state index contributed by atoms with van der Waals surface area (Å²) in [5.74, 6) is -0.0348. The Morgan fingerprint density at radius 1 is 1.19 bits per heavy atom. The summed E-state index contributed by atoms with van der Waals surface area (Å²) in [6.07, 6.45) is 5.71. The minimum Gasteiger partial charge on any atom is -0.480 e. The van der Waals surface area contributed by atoms with Crippen LogP contribution in [-0.4, -0.2) is 56.6 Å². The highest BCUT2D eigenvalue weighted by molar-refractivity contribution is 5.99. The lowest BCUT2D eigenvalue weighted by atomic mass is 10.1. The van der Waals surface area contributed by atoms with Gasteiger partial charge >= 0.3 is 5.97 Å². The number of nitrogens with one attached hydrogen (secondary N) is 2. The number of carbonyl (C=O) groups is 2. The van der Waals surface area contributed by atoms with Crippen LogP contribution < -0.4 is 10.2 Å². The summed E-state index contributed by atoms with van der Waals surface area (Å²) in [5.41, 5.74) is 2.64. The number of fused-ring (bicyclic) bond motifs is 1. The molecule has 1 atom stereocenters. The van der Waals surface area contributed by atoms with Crippen molar-refractivity contribution in [1.29, 1.82) is 0 Å². The number of aliphatic carboxylic acids is 1. The highest BCUT2D eigenvalue weighted by Gasteiger charge is 2.21. The lowest BCUT2D eigenvalue weighted by Crippen LogP contribution is -2.41. The molecule has 9 heteroatoms. The fraction of sp³-hybridized carbons (Fsp3) is 0.217. The Morgan fingerprint density at radius 3 is 2.69 bits per heavy atom. The molecule has 1 aromatic carbocycles. The minimum atomic E-state index is -1.07. The Bertz CT molecular complexity index is 1250. The number of carboxylic acids is 1. The van der Waals surface area contributed by atoms with Gasteiger partial charge in [0.15, 0.2) is 0 Å². The number of nitrogens with zero attached hydrogens (tertiary/aromatic N) is 4. The summed E-state index contributed by atoms with van der Waals surface area (Å²) >= 11 is 0. The first kappa shape index (κ1) is 21.1. The van der Waals surface area contributed by atoms with E-state index in [9.17, 15) is 14.7 Å². The highest BCUT2D eigenvalue weighted by Crippen LogP contribution is 2.23. The van der Waals surface area contributed by atoms with E-state index < -0.39 is 17.9 Å². The molecule has 4 aromatic rings. The van der Waals surface area contributed by atoms with Crippen molar-refractivity contribution in [2.75, 3.05) is 19.0 Å². The van der Waals surface area contributed by atoms with Crippen molar-refractivity contribution < 1.29 is 14.7 Å². The summed E-state index contributed by atoms with van der Waals surface area (Å²) in [6.45, 7) is 0.494. The van der Waals surface area contributed by atoms with Gasteiger partial charge in [0, 0.05) is 50.4 Å². The zero-order valence-corrected chi connectivity index (χ0v) is 17.8. The molecule has 0 aliphatic heterocycles. The van der Waals surface area contributed by atoms with Gasteiger partial charge in [0.2, 0.25) is 0 Å². The molecule has 0 aliphatic rings. The van der Waals surface area contributed by atoms with Crippen LogP contribution in [0.5, 0.6) is 0 Å². The molecule has 1 unspecified atom stereocenters. The quantitative estimate of drug-likeness (QED) is 0.394. The number of carbonyl (C=O) groups excluding carboxylic acids is 1. The van der Waals surface area contributed by atoms with Gasteiger partial charge < -0.3 is 24.9 Å². The third-order valence-corrected chi connectivity index (χ3v) is 5.17. The summed E-state index contributed by atoms with van der Waals surface area (Å²) in [5, 5.41) is 12.1. The number of aryl methyl sites for hydroxylation is 1. The number of rotatable bonds is 8. The van der Waals surface area contributed by atoms with Gasteiger partial charge in [-0.15, -0.1) is 0 Å². The molecule has 0 spiro atoms. The maximum atomic E-state index is 12.7. The van der Waals surface area contributed by atoms with Crippen molar-refractivity contribution in [3.05, 3.63) is 66.6 Å². The first-order valence-electron chi connectivity index (χ1n) is 10.2. The van der Waals surface area contributed by atoms with Crippen LogP contribution >= 0.6 is 0 Å². The predicted molar refractivity (Wildman–Crippen MR) is 122 cm³/mol. The Labute approximate surface area is 184 Å². The molecule has 3 N–H and O–H groups in total. The van der Waals surface area contributed by atoms with Crippen LogP contribution in [-0.2, 0) is 11.3 Å². The van der Waals surface area contributed by atoms with Crippen molar-refractivity contribution in [3.63, 3.8) is 0 Å². The van der Waals surface area contributed by atoms with Crippen molar-refractivity contribution in [3.8, 4) is 11.4 Å². The Kier molecular flexibility index (Phi) is 5.89. The summed E-state index contributed by atoms with van der Waals surface area (Å²) in [4.78, 5) is 38.4. The second kappa shape index (κ2) is 8.93. The van der Waals surface area contributed by atoms with Gasteiger partial charge in [0.25, 0.3) is 5.91 Å². The van der Waals surface area contributed by atoms with Gasteiger partial charge in [-0.2, -0.15) is 0 Å². The molecule has 0 saturated heterocycles. The van der Waals surface area contributed by atoms with Crippen molar-refractivity contribution in [2.45, 2.75) is 19.0 Å². The number of carboxylic acid groups (broad SMARTS) is 1. The van der Waals surface area contributed by atoms with E-state index in [0.717, 1.165) is 11.4 Å². The fourth-order valence-corrected chi connectivity index (χ4v) is 3.39. The van der Waals surface area contributed by atoms with E-state index in [1.54, 1.807) is 24.4 Å². The number of anilines is 1. The molecule has 0 radical (unpaired) electrons. The molecule has 32 heavy (non-hydrogen) atoms. The first-order valence-corrected chi connectivity index (χ1v) is 10.2. The van der Waals surface area contributed by atoms with E-state index in [0.29, 0.717) is 29.0 Å². The fourth-order valence-electron chi connectivity index (χ4n) is 3.39. The molecule has 0 fully saturated rings. The van der Waals surface area contributed by atoms with Crippen LogP contribution in [0.15, 0.2) is 61.1 Å². The molecule has 4 rings (SSSR count). The number of aromatic nitrogens is 4. The van der Waals surface area contributed by atoms with E-state index in [-0.39, 0.29) is 6.42 Å². The van der Waals surface area contributed by atoms with Gasteiger partial charge in [0.05, 0.1) is 11.0 Å². The maximum absolute atomic E-state index is 12.7. The van der Waals surface area contributed by atoms with Gasteiger partial charge in [-0.3, -0.25) is 4.79 Å². The topological polar surface area (TPSA) is 116 Å². The Hall–Kier alpha value is -4.14. The van der Waals surface area contributed by atoms with Crippen LogP contribution in [0.1, 0.15) is 16.8 Å². The predicted octanol–water partition coefficient (Wildman–Crippen LogP) is 2.77. The number of H-pyrrole nitrogens is 1. The molecule has 0 bridgehead atoms. The largest absolute Gasteiger partial charge is 0.480 e. The summed E-state index contributed by atoms with van der Waals surface area (Å²) < 4.78 is 1.88. The van der Waals surface area contributed by atoms with Crippen LogP contribution in [0.2, 0.25) is 0 Å². The van der Waals surface area contributed by atoms with E-state index in [4.69, 9.17) is 0 Å². The second-order valence-electron chi connectivity index (χ2n) is 7.69. The molecule has 164 valence electrons. The standard InChI is InChI=1S/C23H24N6O3/c1-28(2)20-14-15(7-9-24-20)21-25-17-6-5-16(13-19(17)26-21)22(30)27-18(23(31)32)8-12-29-10-3-4-11-29/h3-7,9-11,13-14,18H,8,12H2,1-2H3,(H,25,26)(H,27,30)(H,31,32). The first-order chi connectivity index (χ1) is 15.4. The van der Waals surface area contributed by atoms with Gasteiger partial charge in [-0.25, -0.2) is 14.8 Å². The lowest BCUT2D eigenvalue weighted by molar-refractivity contribution is -0.139. The van der Waals surface area contributed by atoms with Crippen LogP contribution in [0, 0.1) is 0 Å². The number of imidazole rings is 1. The maximum Gasteiger partial charge on any atom is 0.326 e. The van der Waals surface area contributed by atoms with Crippen LogP contribution in [0.25, 0.3) is 22.4 Å². The van der Waals surface area contributed by atoms with Gasteiger partial charge in [-0.1, -0.05) is 0 Å². The molecule has 9 nitrogen and oxygen atoms in total. The van der Waals surface area contributed by atoms with Crippen LogP contribution in [0.4, 0.5) is 5.82 Å². The normalized spacial score (nSPS) is 11.9. The van der Waals surface area contributed by atoms with Crippen molar-refractivity contribution in [1.82, 2.24) is 24.8 Å². The van der Waals surface area contributed by atoms with Crippen molar-refractivity contribution >= 4 is 28.7 Å². The third-order valence-electron chi connectivity index (χ3n) is 5.17. The number of pyridine rings is 1. The van der Waals surface area contributed by atoms with Crippen molar-refractivity contribution in [2.24, 2.45) is 0 Å². The number of amides is 1. The zero-order valence-electron chi connectivity index (χ0n) is 17.8. The molecule has 0 aliphatic carbocycles. The third kappa shape index (κ3) is 4.61. The smallest absolute Gasteiger partial charge is 0.326 e. The average molecular weight is 432 g/mol. The number of aromatic amines is 1. The monoisotopic (exact) mass is 432 g/mol. The number of benzene rings is 1. The van der Waals surface area contributed by atoms with Gasteiger partial charge in [0.1, 0.15) is 17.7 Å². The van der Waals surface area contributed by atoms with E-state index in [1.165, 1.54) is 0 Å². The summed E-state index contributed by atoms with van der Waals surface area (Å²) in [6, 6.07) is 11.6. The van der Waals surface area contributed by atoms with E-state index >= 15 is 0 Å². The van der Waals surface area contributed by atoms with E-state index in [2.05, 4.69) is 20.3 Å². The summed E-state index contributed by atoms with van der Waals surface area (Å²) in [7, 11) is 3.83. The van der Waals surface area contributed by atoms with E-state index in [1.807, 2.05) is 60.2 Å². The molecule has 0 saturated carbocycles.